The number of pyridine rings is 1. The molecule has 1 nitrogen and oxygen atoms in total. The Kier molecular flexibility index (Phi) is 2.18. The molecule has 1 aromatic carbocycles. The summed E-state index contributed by atoms with van der Waals surface area (Å²) in [5, 5.41) is 0. The van der Waals surface area contributed by atoms with E-state index in [4.69, 9.17) is 2.74 Å². The van der Waals surface area contributed by atoms with E-state index in [-0.39, 0.29) is 0 Å². The van der Waals surface area contributed by atoms with Crippen molar-refractivity contribution < 1.29 is 7.31 Å². The van der Waals surface area contributed by atoms with Gasteiger partial charge >= 0.3 is 0 Å². The van der Waals surface area contributed by atoms with E-state index in [0.717, 1.165) is 27.9 Å². The summed E-state index contributed by atoms with van der Waals surface area (Å²) in [5.41, 5.74) is 5.14. The summed E-state index contributed by atoms with van der Waals surface area (Å²) < 4.78 is 17.8. The van der Waals surface area contributed by atoms with Crippen molar-refractivity contribution in [3.63, 3.8) is 0 Å². The average Bonchev–Trinajstić information content (AvgIpc) is 2.28. The van der Waals surface area contributed by atoms with Gasteiger partial charge in [-0.15, -0.1) is 0 Å². The molecule has 0 aliphatic rings. The highest BCUT2D eigenvalue weighted by Gasteiger charge is 2.12. The Morgan fingerprint density at radius 2 is 1.75 bits per heavy atom. The third-order valence-electron chi connectivity index (χ3n) is 2.78. The van der Waals surface area contributed by atoms with Crippen molar-refractivity contribution in [2.45, 2.75) is 20.8 Å². The third-order valence-corrected chi connectivity index (χ3v) is 2.78. The van der Waals surface area contributed by atoms with Gasteiger partial charge in [0.05, 0.1) is 1.37 Å². The number of nitrogens with zero attached hydrogens (tertiary/aromatic N) is 1. The van der Waals surface area contributed by atoms with Crippen LogP contribution in [0.5, 0.6) is 0 Å². The quantitative estimate of drug-likeness (QED) is 0.642. The smallest absolute Gasteiger partial charge is 0.201 e. The Bertz CT molecular complexity index is 563. The Morgan fingerprint density at radius 3 is 2.50 bits per heavy atom. The molecular weight excluding hydrogens is 194 g/mol. The lowest BCUT2D eigenvalue weighted by atomic mass is 10.0. The first-order valence-corrected chi connectivity index (χ1v) is 5.45. The molecule has 0 saturated heterocycles. The number of aryl methyl sites for hydroxylation is 2. The van der Waals surface area contributed by atoms with Crippen molar-refractivity contribution in [3.8, 4) is 11.3 Å². The van der Waals surface area contributed by atoms with Gasteiger partial charge < -0.3 is 0 Å². The Balaban J connectivity index is 2.77. The molecule has 1 heterocycles. The maximum Gasteiger partial charge on any atom is 0.212 e. The van der Waals surface area contributed by atoms with Crippen LogP contribution in [0.3, 0.4) is 0 Å². The molecule has 0 bridgehead atoms. The van der Waals surface area contributed by atoms with Gasteiger partial charge in [0.2, 0.25) is 5.69 Å². The van der Waals surface area contributed by atoms with E-state index in [1.54, 1.807) is 0 Å². The molecule has 1 heteroatoms. The van der Waals surface area contributed by atoms with Crippen LogP contribution >= 0.6 is 0 Å². The number of benzene rings is 1. The molecule has 2 aromatic rings. The van der Waals surface area contributed by atoms with Gasteiger partial charge in [-0.2, -0.15) is 0 Å². The van der Waals surface area contributed by atoms with Gasteiger partial charge in [-0.1, -0.05) is 17.7 Å². The minimum absolute atomic E-state index is 0.484. The van der Waals surface area contributed by atoms with Crippen molar-refractivity contribution >= 4 is 0 Å². The molecule has 0 amide bonds. The van der Waals surface area contributed by atoms with E-state index in [9.17, 15) is 0 Å². The van der Waals surface area contributed by atoms with E-state index in [2.05, 4.69) is 12.1 Å². The molecule has 2 rings (SSSR count). The second-order valence-corrected chi connectivity index (χ2v) is 4.32. The van der Waals surface area contributed by atoms with Gasteiger partial charge in [0.25, 0.3) is 0 Å². The highest BCUT2D eigenvalue weighted by Crippen LogP contribution is 2.21. The second-order valence-electron chi connectivity index (χ2n) is 4.32. The van der Waals surface area contributed by atoms with Crippen molar-refractivity contribution in [1.82, 2.24) is 0 Å². The molecule has 1 aromatic heterocycles. The van der Waals surface area contributed by atoms with Gasteiger partial charge in [0.1, 0.15) is 8.42 Å². The van der Waals surface area contributed by atoms with E-state index in [1.807, 2.05) is 44.5 Å². The van der Waals surface area contributed by atoms with E-state index >= 15 is 0 Å². The van der Waals surface area contributed by atoms with Gasteiger partial charge in [0, 0.05) is 17.7 Å². The molecule has 82 valence electrons. The van der Waals surface area contributed by atoms with Crippen LogP contribution in [0.4, 0.5) is 0 Å². The predicted molar refractivity (Wildman–Crippen MR) is 67.3 cm³/mol. The monoisotopic (exact) mass is 214 g/mol. The summed E-state index contributed by atoms with van der Waals surface area (Å²) in [6, 6.07) is 8.42. The minimum Gasteiger partial charge on any atom is -0.201 e. The molecule has 0 N–H and O–H groups in total. The van der Waals surface area contributed by atoms with Gasteiger partial charge in [0.15, 0.2) is 6.17 Å². The Labute approximate surface area is 100 Å². The summed E-state index contributed by atoms with van der Waals surface area (Å²) in [7, 11) is 1.89. The molecule has 0 atom stereocenters. The maximum absolute atomic E-state index is 7.97. The number of hydrogen-bond donors (Lipinski definition) is 0. The number of hydrogen-bond acceptors (Lipinski definition) is 0. The van der Waals surface area contributed by atoms with E-state index in [0.29, 0.717) is 12.2 Å². The zero-order valence-corrected chi connectivity index (χ0v) is 10.3. The lowest BCUT2D eigenvalue weighted by Crippen LogP contribution is -2.30. The molecule has 0 fully saturated rings. The standard InChI is InChI=1S/C15H18N/c1-11-5-6-13(3)14(9-11)15-10-12(2)7-8-16(15)4/h5-10H,1-4H3/q+1/i6D,8D. The highest BCUT2D eigenvalue weighted by atomic mass is 14.9. The average molecular weight is 214 g/mol. The summed E-state index contributed by atoms with van der Waals surface area (Å²) in [4.78, 5) is 0. The number of aromatic nitrogens is 1. The Hall–Kier alpha value is -1.63. The fourth-order valence-electron chi connectivity index (χ4n) is 1.82. The zero-order valence-electron chi connectivity index (χ0n) is 12.3. The molecule has 0 spiro atoms. The van der Waals surface area contributed by atoms with Crippen LogP contribution in [0.25, 0.3) is 11.3 Å². The van der Waals surface area contributed by atoms with Crippen LogP contribution in [0.2, 0.25) is 0 Å². The van der Waals surface area contributed by atoms with E-state index in [1.165, 1.54) is 0 Å². The molecular formula is C15H18N+. The topological polar surface area (TPSA) is 3.88 Å². The Morgan fingerprint density at radius 1 is 1.06 bits per heavy atom. The highest BCUT2D eigenvalue weighted by molar-refractivity contribution is 5.62. The van der Waals surface area contributed by atoms with E-state index < -0.39 is 0 Å². The summed E-state index contributed by atoms with van der Waals surface area (Å²) >= 11 is 0. The van der Waals surface area contributed by atoms with Crippen LogP contribution in [0, 0.1) is 20.8 Å². The van der Waals surface area contributed by atoms with Crippen LogP contribution in [-0.4, -0.2) is 0 Å². The van der Waals surface area contributed by atoms with Crippen molar-refractivity contribution in [2.75, 3.05) is 0 Å². The summed E-state index contributed by atoms with van der Waals surface area (Å²) in [6.45, 7) is 5.95. The molecule has 0 aliphatic heterocycles. The first-order valence-electron chi connectivity index (χ1n) is 6.45. The predicted octanol–water partition coefficient (Wildman–Crippen LogP) is 3.10. The van der Waals surface area contributed by atoms with Crippen LogP contribution in [0.15, 0.2) is 36.5 Å². The zero-order chi connectivity index (χ0) is 13.4. The normalized spacial score (nSPS) is 12.2. The molecule has 0 aliphatic carbocycles. The first-order chi connectivity index (χ1) is 8.40. The van der Waals surface area contributed by atoms with Crippen molar-refractivity contribution in [1.29, 1.82) is 0 Å². The largest absolute Gasteiger partial charge is 0.212 e. The SMILES string of the molecule is [2H]c1cc(C)cc(-c2cc(C)cc([2H])[n+]2C)c1C. The fourth-order valence-corrected chi connectivity index (χ4v) is 1.82. The van der Waals surface area contributed by atoms with Crippen molar-refractivity contribution in [3.05, 3.63) is 53.2 Å². The first kappa shape index (κ1) is 8.51. The lowest BCUT2D eigenvalue weighted by molar-refractivity contribution is -0.660. The van der Waals surface area contributed by atoms with Crippen LogP contribution < -0.4 is 4.57 Å². The van der Waals surface area contributed by atoms with Crippen molar-refractivity contribution in [2.24, 2.45) is 7.05 Å². The minimum atomic E-state index is 0.484. The van der Waals surface area contributed by atoms with Crippen LogP contribution in [0.1, 0.15) is 19.4 Å². The van der Waals surface area contributed by atoms with Gasteiger partial charge in [-0.05, 0) is 38.0 Å². The lowest BCUT2D eigenvalue weighted by Gasteiger charge is -2.06. The third kappa shape index (κ3) is 1.99. The maximum atomic E-state index is 7.97. The van der Waals surface area contributed by atoms with Gasteiger partial charge in [-0.3, -0.25) is 0 Å². The summed E-state index contributed by atoms with van der Waals surface area (Å²) in [5.74, 6) is 0. The van der Waals surface area contributed by atoms with Gasteiger partial charge in [-0.25, -0.2) is 4.57 Å². The molecule has 0 saturated carbocycles. The van der Waals surface area contributed by atoms with Crippen LogP contribution in [-0.2, 0) is 7.05 Å². The molecule has 16 heavy (non-hydrogen) atoms. The number of rotatable bonds is 1. The molecule has 0 unspecified atom stereocenters. The fraction of sp³-hybridized carbons (Fsp3) is 0.267. The molecule has 0 radical (unpaired) electrons. The second kappa shape index (κ2) is 4.09. The summed E-state index contributed by atoms with van der Waals surface area (Å²) in [6.07, 6.45) is 0.484.